The smallest absolute Gasteiger partial charge is 0.330 e. The average Bonchev–Trinajstić information content (AvgIpc) is 2.92. The lowest BCUT2D eigenvalue weighted by molar-refractivity contribution is -0.144. The Hall–Kier alpha value is -4.51. The van der Waals surface area contributed by atoms with Crippen molar-refractivity contribution in [1.29, 1.82) is 0 Å². The molecule has 0 heterocycles. The molecule has 0 spiro atoms. The third-order valence-electron chi connectivity index (χ3n) is 5.10. The Morgan fingerprint density at radius 3 is 1.31 bits per heavy atom. The van der Waals surface area contributed by atoms with Crippen LogP contribution in [0.4, 0.5) is 0 Å². The van der Waals surface area contributed by atoms with Crippen LogP contribution in [0.5, 0.6) is 0 Å². The highest BCUT2D eigenvalue weighted by Gasteiger charge is 2.17. The molecule has 0 atom stereocenters. The van der Waals surface area contributed by atoms with E-state index in [1.165, 1.54) is 18.2 Å². The van der Waals surface area contributed by atoms with Crippen LogP contribution in [0.15, 0.2) is 109 Å². The molecule has 0 aliphatic carbocycles. The molecule has 0 N–H and O–H groups in total. The van der Waals surface area contributed by atoms with Gasteiger partial charge < -0.3 is 9.47 Å². The topological polar surface area (TPSA) is 69.7 Å². The summed E-state index contributed by atoms with van der Waals surface area (Å²) in [4.78, 5) is 36.9. The second kappa shape index (κ2) is 14.7. The van der Waals surface area contributed by atoms with E-state index in [0.29, 0.717) is 0 Å². The molecule has 0 saturated heterocycles. The molecule has 3 aromatic rings. The van der Waals surface area contributed by atoms with Crippen LogP contribution in [0.1, 0.15) is 23.1 Å². The van der Waals surface area contributed by atoms with Gasteiger partial charge in [0.1, 0.15) is 0 Å². The summed E-state index contributed by atoms with van der Waals surface area (Å²) < 4.78 is 10.7. The van der Waals surface area contributed by atoms with Crippen LogP contribution in [-0.2, 0) is 23.9 Å². The minimum atomic E-state index is -0.536. The fourth-order valence-corrected chi connectivity index (χ4v) is 3.22. The van der Waals surface area contributed by atoms with E-state index < -0.39 is 17.9 Å². The Morgan fingerprint density at radius 2 is 0.917 bits per heavy atom. The second-order valence-electron chi connectivity index (χ2n) is 8.03. The predicted octanol–water partition coefficient (Wildman–Crippen LogP) is 5.79. The van der Waals surface area contributed by atoms with Gasteiger partial charge in [-0.05, 0) is 34.9 Å². The number of esters is 2. The summed E-state index contributed by atoms with van der Waals surface area (Å²) in [5.74, 6) is -1.71. The van der Waals surface area contributed by atoms with Gasteiger partial charge in [-0.15, -0.1) is 0 Å². The molecule has 0 radical (unpaired) electrons. The Kier molecular flexibility index (Phi) is 10.6. The van der Waals surface area contributed by atoms with Crippen LogP contribution >= 0.6 is 0 Å². The fraction of sp³-hybridized carbons (Fsp3) is 0.129. The summed E-state index contributed by atoms with van der Waals surface area (Å²) in [5, 5.41) is 0. The first-order valence-corrected chi connectivity index (χ1v) is 11.6. The monoisotopic (exact) mass is 480 g/mol. The zero-order valence-electron chi connectivity index (χ0n) is 19.9. The molecule has 0 amide bonds. The molecule has 0 aliphatic rings. The van der Waals surface area contributed by atoms with E-state index in [-0.39, 0.29) is 25.4 Å². The van der Waals surface area contributed by atoms with E-state index >= 15 is 0 Å². The molecule has 0 saturated carbocycles. The highest BCUT2D eigenvalue weighted by molar-refractivity contribution is 5.94. The Morgan fingerprint density at radius 1 is 0.556 bits per heavy atom. The highest BCUT2D eigenvalue weighted by Crippen LogP contribution is 2.11. The molecule has 36 heavy (non-hydrogen) atoms. The van der Waals surface area contributed by atoms with Crippen LogP contribution in [-0.4, -0.2) is 30.9 Å². The van der Waals surface area contributed by atoms with Crippen LogP contribution < -0.4 is 0 Å². The Balaban J connectivity index is 1.56. The van der Waals surface area contributed by atoms with Gasteiger partial charge in [-0.3, -0.25) is 4.79 Å². The highest BCUT2D eigenvalue weighted by atomic mass is 16.5. The van der Waals surface area contributed by atoms with Gasteiger partial charge in [0.05, 0.1) is 13.2 Å². The van der Waals surface area contributed by atoms with Crippen molar-refractivity contribution >= 4 is 35.9 Å². The third kappa shape index (κ3) is 10.2. The predicted molar refractivity (Wildman–Crippen MR) is 141 cm³/mol. The quantitative estimate of drug-likeness (QED) is 0.242. The summed E-state index contributed by atoms with van der Waals surface area (Å²) >= 11 is 0. The molecular formula is C31H28O5. The van der Waals surface area contributed by atoms with Crippen molar-refractivity contribution in [3.05, 3.63) is 126 Å². The van der Waals surface area contributed by atoms with E-state index in [4.69, 9.17) is 9.47 Å². The summed E-state index contributed by atoms with van der Waals surface area (Å²) in [6, 6.07) is 28.2. The van der Waals surface area contributed by atoms with Crippen molar-refractivity contribution in [3.8, 4) is 0 Å². The standard InChI is InChI=1S/C31H28O5/c32-29(19-16-25-10-4-1-5-11-25)22-28(23-35-30(33)20-17-26-12-6-2-7-13-26)24-36-31(34)21-18-27-14-8-3-9-15-27/h1-21,28H,22-24H2/b19-16+,20-17+,21-18+. The van der Waals surface area contributed by atoms with Gasteiger partial charge in [0.2, 0.25) is 0 Å². The number of ether oxygens (including phenoxy) is 2. The summed E-state index contributed by atoms with van der Waals surface area (Å²) in [7, 11) is 0. The summed E-state index contributed by atoms with van der Waals surface area (Å²) in [6.07, 6.45) is 9.24. The molecule has 5 nitrogen and oxygen atoms in total. The number of hydrogen-bond acceptors (Lipinski definition) is 5. The van der Waals surface area contributed by atoms with Gasteiger partial charge in [0, 0.05) is 24.5 Å². The van der Waals surface area contributed by atoms with Crippen LogP contribution in [0.25, 0.3) is 18.2 Å². The number of carbonyl (C=O) groups is 3. The SMILES string of the molecule is O=C(/C=C/c1ccccc1)CC(COC(=O)/C=C/c1ccccc1)COC(=O)/C=C/c1ccccc1. The fourth-order valence-electron chi connectivity index (χ4n) is 3.22. The first kappa shape index (κ1) is 26.1. The number of rotatable bonds is 12. The average molecular weight is 481 g/mol. The van der Waals surface area contributed by atoms with Crippen molar-refractivity contribution in [3.63, 3.8) is 0 Å². The number of allylic oxidation sites excluding steroid dienone is 1. The minimum absolute atomic E-state index is 0.0570. The van der Waals surface area contributed by atoms with Crippen LogP contribution in [0.2, 0.25) is 0 Å². The molecule has 3 rings (SSSR count). The number of benzene rings is 3. The maximum Gasteiger partial charge on any atom is 0.330 e. The first-order chi connectivity index (χ1) is 17.6. The van der Waals surface area contributed by atoms with Gasteiger partial charge in [-0.1, -0.05) is 97.1 Å². The van der Waals surface area contributed by atoms with Crippen LogP contribution in [0.3, 0.4) is 0 Å². The molecule has 0 unspecified atom stereocenters. The molecule has 182 valence electrons. The van der Waals surface area contributed by atoms with Crippen LogP contribution in [0, 0.1) is 5.92 Å². The maximum atomic E-state index is 12.5. The second-order valence-corrected chi connectivity index (χ2v) is 8.03. The largest absolute Gasteiger partial charge is 0.462 e. The van der Waals surface area contributed by atoms with E-state index in [2.05, 4.69) is 0 Å². The van der Waals surface area contributed by atoms with E-state index in [1.807, 2.05) is 91.0 Å². The van der Waals surface area contributed by atoms with Gasteiger partial charge >= 0.3 is 11.9 Å². The lowest BCUT2D eigenvalue weighted by Crippen LogP contribution is -2.22. The van der Waals surface area contributed by atoms with Crippen molar-refractivity contribution < 1.29 is 23.9 Å². The van der Waals surface area contributed by atoms with Crippen molar-refractivity contribution in [2.75, 3.05) is 13.2 Å². The molecule has 0 aliphatic heterocycles. The lowest BCUT2D eigenvalue weighted by atomic mass is 10.0. The zero-order chi connectivity index (χ0) is 25.4. The first-order valence-electron chi connectivity index (χ1n) is 11.6. The molecule has 0 aromatic heterocycles. The molecule has 0 fully saturated rings. The molecular weight excluding hydrogens is 452 g/mol. The zero-order valence-corrected chi connectivity index (χ0v) is 19.9. The van der Waals surface area contributed by atoms with E-state index in [1.54, 1.807) is 18.2 Å². The van der Waals surface area contributed by atoms with Crippen molar-refractivity contribution in [2.45, 2.75) is 6.42 Å². The van der Waals surface area contributed by atoms with Gasteiger partial charge in [0.15, 0.2) is 5.78 Å². The molecule has 3 aromatic carbocycles. The van der Waals surface area contributed by atoms with Gasteiger partial charge in [-0.2, -0.15) is 0 Å². The summed E-state index contributed by atoms with van der Waals surface area (Å²) in [6.45, 7) is -0.114. The molecule has 5 heteroatoms. The Bertz CT molecular complexity index is 1130. The Labute approximate surface area is 211 Å². The summed E-state index contributed by atoms with van der Waals surface area (Å²) in [5.41, 5.74) is 2.63. The molecule has 0 bridgehead atoms. The number of ketones is 1. The number of hydrogen-bond donors (Lipinski definition) is 0. The minimum Gasteiger partial charge on any atom is -0.462 e. The van der Waals surface area contributed by atoms with E-state index in [0.717, 1.165) is 16.7 Å². The van der Waals surface area contributed by atoms with Crippen molar-refractivity contribution in [1.82, 2.24) is 0 Å². The lowest BCUT2D eigenvalue weighted by Gasteiger charge is -2.15. The normalized spacial score (nSPS) is 11.4. The third-order valence-corrected chi connectivity index (χ3v) is 5.10. The van der Waals surface area contributed by atoms with Gasteiger partial charge in [0.25, 0.3) is 0 Å². The van der Waals surface area contributed by atoms with E-state index in [9.17, 15) is 14.4 Å². The maximum absolute atomic E-state index is 12.5. The van der Waals surface area contributed by atoms with Crippen molar-refractivity contribution in [2.24, 2.45) is 5.92 Å². The number of carbonyl (C=O) groups excluding carboxylic acids is 3. The van der Waals surface area contributed by atoms with Gasteiger partial charge in [-0.25, -0.2) is 9.59 Å².